The van der Waals surface area contributed by atoms with Crippen LogP contribution in [-0.4, -0.2) is 18.0 Å². The predicted octanol–water partition coefficient (Wildman–Crippen LogP) is 2.76. The lowest BCUT2D eigenvalue weighted by Gasteiger charge is -2.14. The fourth-order valence-electron chi connectivity index (χ4n) is 1.85. The molecule has 1 amide bonds. The van der Waals surface area contributed by atoms with Gasteiger partial charge in [-0.25, -0.2) is 4.79 Å². The number of nitrogens with one attached hydrogen (secondary N) is 1. The van der Waals surface area contributed by atoms with Crippen molar-refractivity contribution in [3.63, 3.8) is 0 Å². The number of esters is 1. The first-order chi connectivity index (χ1) is 10.5. The Kier molecular flexibility index (Phi) is 4.78. The van der Waals surface area contributed by atoms with E-state index in [-0.39, 0.29) is 5.91 Å². The summed E-state index contributed by atoms with van der Waals surface area (Å²) in [6, 6.07) is 13.7. The average Bonchev–Trinajstić information content (AvgIpc) is 2.50. The monoisotopic (exact) mass is 298 g/mol. The molecule has 0 saturated carbocycles. The summed E-state index contributed by atoms with van der Waals surface area (Å²) in [5.41, 5.74) is 8.10. The van der Waals surface area contributed by atoms with Crippen molar-refractivity contribution in [2.24, 2.45) is 0 Å². The normalized spacial score (nSPS) is 11.5. The second kappa shape index (κ2) is 6.76. The minimum atomic E-state index is -0.898. The van der Waals surface area contributed by atoms with Gasteiger partial charge >= 0.3 is 5.97 Å². The van der Waals surface area contributed by atoms with E-state index in [0.717, 1.165) is 5.56 Å². The second-order valence-electron chi connectivity index (χ2n) is 4.97. The number of ether oxygens (including phenoxy) is 1. The molecule has 0 radical (unpaired) electrons. The number of amides is 1. The van der Waals surface area contributed by atoms with Gasteiger partial charge in [-0.05, 0) is 49.7 Å². The van der Waals surface area contributed by atoms with E-state index in [1.54, 1.807) is 30.3 Å². The molecule has 0 aromatic heterocycles. The number of aryl methyl sites for hydroxylation is 1. The molecule has 114 valence electrons. The van der Waals surface area contributed by atoms with Crippen LogP contribution in [0.5, 0.6) is 0 Å². The van der Waals surface area contributed by atoms with Crippen molar-refractivity contribution in [2.45, 2.75) is 20.0 Å². The smallest absolute Gasteiger partial charge is 0.338 e. The highest BCUT2D eigenvalue weighted by atomic mass is 16.5. The van der Waals surface area contributed by atoms with Crippen LogP contribution < -0.4 is 11.1 Å². The van der Waals surface area contributed by atoms with Crippen molar-refractivity contribution in [1.82, 2.24) is 0 Å². The maximum Gasteiger partial charge on any atom is 0.338 e. The molecule has 2 aromatic rings. The van der Waals surface area contributed by atoms with E-state index >= 15 is 0 Å². The largest absolute Gasteiger partial charge is 0.449 e. The fourth-order valence-corrected chi connectivity index (χ4v) is 1.85. The lowest BCUT2D eigenvalue weighted by molar-refractivity contribution is -0.123. The first kappa shape index (κ1) is 15.6. The van der Waals surface area contributed by atoms with Gasteiger partial charge in [0, 0.05) is 11.4 Å². The molecule has 1 atom stereocenters. The van der Waals surface area contributed by atoms with Gasteiger partial charge in [0.1, 0.15) is 0 Å². The summed E-state index contributed by atoms with van der Waals surface area (Å²) in [5, 5.41) is 2.74. The lowest BCUT2D eigenvalue weighted by atomic mass is 10.2. The van der Waals surface area contributed by atoms with Gasteiger partial charge in [0.2, 0.25) is 0 Å². The minimum absolute atomic E-state index is 0.352. The summed E-state index contributed by atoms with van der Waals surface area (Å²) in [4.78, 5) is 24.0. The van der Waals surface area contributed by atoms with Crippen LogP contribution in [0.15, 0.2) is 48.5 Å². The van der Waals surface area contributed by atoms with Crippen molar-refractivity contribution >= 4 is 23.3 Å². The van der Waals surface area contributed by atoms with Gasteiger partial charge in [0.05, 0.1) is 5.56 Å². The third-order valence-electron chi connectivity index (χ3n) is 3.20. The fraction of sp³-hybridized carbons (Fsp3) is 0.176. The van der Waals surface area contributed by atoms with Gasteiger partial charge in [0.25, 0.3) is 5.91 Å². The number of anilines is 2. The summed E-state index contributed by atoms with van der Waals surface area (Å²) < 4.78 is 5.16. The third-order valence-corrected chi connectivity index (χ3v) is 3.20. The standard InChI is InChI=1S/C17H18N2O3/c1-11-5-3-4-6-15(11)19-16(20)12(2)22-17(21)13-7-9-14(18)10-8-13/h3-10,12H,18H2,1-2H3,(H,19,20). The third kappa shape index (κ3) is 3.85. The van der Waals surface area contributed by atoms with Crippen molar-refractivity contribution in [2.75, 3.05) is 11.1 Å². The molecule has 2 aromatic carbocycles. The number of carbonyl (C=O) groups excluding carboxylic acids is 2. The zero-order valence-corrected chi connectivity index (χ0v) is 12.5. The van der Waals surface area contributed by atoms with Gasteiger partial charge in [-0.15, -0.1) is 0 Å². The zero-order chi connectivity index (χ0) is 16.1. The van der Waals surface area contributed by atoms with Crippen molar-refractivity contribution in [3.05, 3.63) is 59.7 Å². The van der Waals surface area contributed by atoms with Gasteiger partial charge in [-0.2, -0.15) is 0 Å². The molecular formula is C17H18N2O3. The van der Waals surface area contributed by atoms with E-state index in [1.807, 2.05) is 25.1 Å². The Morgan fingerprint density at radius 1 is 1.09 bits per heavy atom. The Labute approximate surface area is 129 Å². The minimum Gasteiger partial charge on any atom is -0.449 e. The number of benzene rings is 2. The molecule has 2 rings (SSSR count). The number of nitrogens with two attached hydrogens (primary N) is 1. The van der Waals surface area contributed by atoms with Crippen LogP contribution in [0.2, 0.25) is 0 Å². The van der Waals surface area contributed by atoms with E-state index in [9.17, 15) is 9.59 Å². The van der Waals surface area contributed by atoms with E-state index in [0.29, 0.717) is 16.9 Å². The highest BCUT2D eigenvalue weighted by molar-refractivity contribution is 5.97. The molecule has 0 bridgehead atoms. The maximum absolute atomic E-state index is 12.1. The molecule has 0 heterocycles. The van der Waals surface area contributed by atoms with E-state index in [4.69, 9.17) is 10.5 Å². The SMILES string of the molecule is Cc1ccccc1NC(=O)C(C)OC(=O)c1ccc(N)cc1. The summed E-state index contributed by atoms with van der Waals surface area (Å²) in [6.45, 7) is 3.42. The molecule has 5 heteroatoms. The van der Waals surface area contributed by atoms with Gasteiger partial charge in [-0.1, -0.05) is 18.2 Å². The molecule has 0 aliphatic rings. The number of nitrogen functional groups attached to an aromatic ring is 1. The van der Waals surface area contributed by atoms with Crippen LogP contribution in [0, 0.1) is 6.92 Å². The number of hydrogen-bond acceptors (Lipinski definition) is 4. The predicted molar refractivity (Wildman–Crippen MR) is 85.5 cm³/mol. The van der Waals surface area contributed by atoms with Crippen LogP contribution in [0.1, 0.15) is 22.8 Å². The molecule has 5 nitrogen and oxygen atoms in total. The molecular weight excluding hydrogens is 280 g/mol. The van der Waals surface area contributed by atoms with E-state index in [1.165, 1.54) is 6.92 Å². The van der Waals surface area contributed by atoms with Crippen LogP contribution in [0.4, 0.5) is 11.4 Å². The summed E-state index contributed by atoms with van der Waals surface area (Å²) in [5.74, 6) is -0.939. The molecule has 0 spiro atoms. The Morgan fingerprint density at radius 3 is 2.36 bits per heavy atom. The molecule has 0 fully saturated rings. The summed E-state index contributed by atoms with van der Waals surface area (Å²) in [7, 11) is 0. The van der Waals surface area contributed by atoms with Gasteiger partial charge in [-0.3, -0.25) is 4.79 Å². The Morgan fingerprint density at radius 2 is 1.73 bits per heavy atom. The summed E-state index contributed by atoms with van der Waals surface area (Å²) >= 11 is 0. The number of carbonyl (C=O) groups is 2. The topological polar surface area (TPSA) is 81.4 Å². The first-order valence-corrected chi connectivity index (χ1v) is 6.90. The van der Waals surface area contributed by atoms with Crippen LogP contribution in [0.3, 0.4) is 0 Å². The quantitative estimate of drug-likeness (QED) is 0.671. The number of para-hydroxylation sites is 1. The molecule has 3 N–H and O–H groups in total. The molecule has 0 aliphatic carbocycles. The second-order valence-corrected chi connectivity index (χ2v) is 4.97. The highest BCUT2D eigenvalue weighted by Crippen LogP contribution is 2.14. The maximum atomic E-state index is 12.1. The van der Waals surface area contributed by atoms with Crippen molar-refractivity contribution < 1.29 is 14.3 Å². The van der Waals surface area contributed by atoms with Crippen molar-refractivity contribution in [3.8, 4) is 0 Å². The van der Waals surface area contributed by atoms with Crippen LogP contribution in [-0.2, 0) is 9.53 Å². The molecule has 0 saturated heterocycles. The Hall–Kier alpha value is -2.82. The van der Waals surface area contributed by atoms with E-state index in [2.05, 4.69) is 5.32 Å². The average molecular weight is 298 g/mol. The number of rotatable bonds is 4. The van der Waals surface area contributed by atoms with E-state index < -0.39 is 12.1 Å². The van der Waals surface area contributed by atoms with Gasteiger partial charge < -0.3 is 15.8 Å². The molecule has 22 heavy (non-hydrogen) atoms. The van der Waals surface area contributed by atoms with Crippen LogP contribution in [0.25, 0.3) is 0 Å². The summed E-state index contributed by atoms with van der Waals surface area (Å²) in [6.07, 6.45) is -0.898. The molecule has 1 unspecified atom stereocenters. The highest BCUT2D eigenvalue weighted by Gasteiger charge is 2.19. The Bertz CT molecular complexity index is 681. The first-order valence-electron chi connectivity index (χ1n) is 6.90. The lowest BCUT2D eigenvalue weighted by Crippen LogP contribution is -2.30. The Balaban J connectivity index is 1.98. The molecule has 0 aliphatic heterocycles. The van der Waals surface area contributed by atoms with Crippen LogP contribution >= 0.6 is 0 Å². The van der Waals surface area contributed by atoms with Crippen molar-refractivity contribution in [1.29, 1.82) is 0 Å². The number of hydrogen-bond donors (Lipinski definition) is 2. The van der Waals surface area contributed by atoms with Gasteiger partial charge in [0.15, 0.2) is 6.10 Å². The zero-order valence-electron chi connectivity index (χ0n) is 12.5.